The number of terminal acetylenes is 1. The van der Waals surface area contributed by atoms with Crippen molar-refractivity contribution in [2.45, 2.75) is 32.6 Å². The van der Waals surface area contributed by atoms with Gasteiger partial charge in [-0.15, -0.1) is 6.42 Å². The van der Waals surface area contributed by atoms with E-state index in [0.717, 1.165) is 19.3 Å². The van der Waals surface area contributed by atoms with Gasteiger partial charge in [-0.05, 0) is 31.2 Å². The molecule has 0 saturated heterocycles. The van der Waals surface area contributed by atoms with Crippen LogP contribution in [0, 0.1) is 18.3 Å². The average Bonchev–Trinajstić information content (AvgIpc) is 2.11. The maximum absolute atomic E-state index is 10.8. The Morgan fingerprint density at radius 3 is 2.67 bits per heavy atom. The number of carbonyl (C=O) groups is 1. The molecule has 2 N–H and O–H groups in total. The number of rotatable bonds is 6. The van der Waals surface area contributed by atoms with E-state index in [1.165, 1.54) is 0 Å². The van der Waals surface area contributed by atoms with Crippen LogP contribution < -0.4 is 5.73 Å². The number of hydrogen-bond donors (Lipinski definition) is 1. The summed E-state index contributed by atoms with van der Waals surface area (Å²) in [7, 11) is 0. The normalized spacial score (nSPS) is 12.1. The van der Waals surface area contributed by atoms with Crippen LogP contribution in [0.15, 0.2) is 0 Å². The molecule has 0 rings (SSSR count). The van der Waals surface area contributed by atoms with Gasteiger partial charge in [0.15, 0.2) is 0 Å². The van der Waals surface area contributed by atoms with E-state index in [1.54, 1.807) is 0 Å². The highest BCUT2D eigenvalue weighted by atomic mass is 16.1. The molecule has 68 valence electrons. The summed E-state index contributed by atoms with van der Waals surface area (Å²) in [6.07, 6.45) is 8.42. The van der Waals surface area contributed by atoms with E-state index in [2.05, 4.69) is 12.8 Å². The second kappa shape index (κ2) is 6.87. The topological polar surface area (TPSA) is 43.1 Å². The predicted molar refractivity (Wildman–Crippen MR) is 50.5 cm³/mol. The number of Topliss-reactive ketones (excluding diaryl/α,β-unsaturated/α-hetero) is 1. The Balaban J connectivity index is 3.59. The molecule has 1 atom stereocenters. The van der Waals surface area contributed by atoms with Crippen molar-refractivity contribution in [3.8, 4) is 12.3 Å². The lowest BCUT2D eigenvalue weighted by atomic mass is 9.96. The Kier molecular flexibility index (Phi) is 6.41. The van der Waals surface area contributed by atoms with Gasteiger partial charge < -0.3 is 5.73 Å². The van der Waals surface area contributed by atoms with E-state index in [1.807, 2.05) is 0 Å². The zero-order valence-corrected chi connectivity index (χ0v) is 7.68. The molecular formula is C10H17NO. The molecule has 0 aliphatic carbocycles. The van der Waals surface area contributed by atoms with Gasteiger partial charge >= 0.3 is 0 Å². The molecule has 0 aromatic carbocycles. The van der Waals surface area contributed by atoms with Gasteiger partial charge in [-0.1, -0.05) is 13.3 Å². The molecule has 0 amide bonds. The monoisotopic (exact) mass is 167 g/mol. The summed E-state index contributed by atoms with van der Waals surface area (Å²) in [5.74, 6) is 2.59. The lowest BCUT2D eigenvalue weighted by molar-refractivity contribution is -0.114. The van der Waals surface area contributed by atoms with Crippen LogP contribution >= 0.6 is 0 Å². The van der Waals surface area contributed by atoms with Gasteiger partial charge in [0, 0.05) is 6.42 Å². The third-order valence-electron chi connectivity index (χ3n) is 2.09. The van der Waals surface area contributed by atoms with Gasteiger partial charge in [0.2, 0.25) is 5.78 Å². The highest BCUT2D eigenvalue weighted by molar-refractivity contribution is 5.94. The Bertz CT molecular complexity index is 169. The summed E-state index contributed by atoms with van der Waals surface area (Å²) in [4.78, 5) is 10.8. The second-order valence-electron chi connectivity index (χ2n) is 2.96. The lowest BCUT2D eigenvalue weighted by Crippen LogP contribution is -2.09. The molecule has 0 aromatic rings. The van der Waals surface area contributed by atoms with E-state index >= 15 is 0 Å². The van der Waals surface area contributed by atoms with Crippen LogP contribution in [0.4, 0.5) is 0 Å². The molecule has 12 heavy (non-hydrogen) atoms. The minimum Gasteiger partial charge on any atom is -0.330 e. The zero-order chi connectivity index (χ0) is 9.40. The van der Waals surface area contributed by atoms with Crippen molar-refractivity contribution in [1.29, 1.82) is 0 Å². The smallest absolute Gasteiger partial charge is 0.205 e. The fourth-order valence-corrected chi connectivity index (χ4v) is 1.20. The predicted octanol–water partition coefficient (Wildman–Crippen LogP) is 1.34. The summed E-state index contributed by atoms with van der Waals surface area (Å²) in [6.45, 7) is 2.81. The molecule has 0 aromatic heterocycles. The van der Waals surface area contributed by atoms with Crippen molar-refractivity contribution >= 4 is 5.78 Å². The van der Waals surface area contributed by atoms with Gasteiger partial charge in [-0.25, -0.2) is 0 Å². The van der Waals surface area contributed by atoms with Crippen LogP contribution in [-0.4, -0.2) is 12.3 Å². The first-order chi connectivity index (χ1) is 5.74. The van der Waals surface area contributed by atoms with Crippen molar-refractivity contribution in [1.82, 2.24) is 0 Å². The SMILES string of the molecule is C#CC(=O)CCC(CC)CCN. The van der Waals surface area contributed by atoms with Gasteiger partial charge in [0.1, 0.15) is 0 Å². The van der Waals surface area contributed by atoms with Gasteiger partial charge in [0.05, 0.1) is 0 Å². The molecule has 0 saturated carbocycles. The lowest BCUT2D eigenvalue weighted by Gasteiger charge is -2.11. The third kappa shape index (κ3) is 4.92. The molecule has 0 bridgehead atoms. The van der Waals surface area contributed by atoms with Crippen LogP contribution in [0.2, 0.25) is 0 Å². The maximum atomic E-state index is 10.8. The molecule has 0 aliphatic rings. The van der Waals surface area contributed by atoms with Crippen LogP contribution in [0.5, 0.6) is 0 Å². The fourth-order valence-electron chi connectivity index (χ4n) is 1.20. The second-order valence-corrected chi connectivity index (χ2v) is 2.96. The van der Waals surface area contributed by atoms with Gasteiger partial charge in [-0.3, -0.25) is 4.79 Å². The summed E-state index contributed by atoms with van der Waals surface area (Å²) in [6, 6.07) is 0. The number of hydrogen-bond acceptors (Lipinski definition) is 2. The third-order valence-corrected chi connectivity index (χ3v) is 2.09. The first-order valence-corrected chi connectivity index (χ1v) is 4.44. The Morgan fingerprint density at radius 2 is 2.25 bits per heavy atom. The minimum atomic E-state index is -0.0922. The van der Waals surface area contributed by atoms with Gasteiger partial charge in [0.25, 0.3) is 0 Å². The quantitative estimate of drug-likeness (QED) is 0.479. The van der Waals surface area contributed by atoms with E-state index in [4.69, 9.17) is 12.2 Å². The van der Waals surface area contributed by atoms with E-state index in [9.17, 15) is 4.79 Å². The molecule has 0 radical (unpaired) electrons. The summed E-state index contributed by atoms with van der Waals surface area (Å²) >= 11 is 0. The Labute approximate surface area is 74.5 Å². The first kappa shape index (κ1) is 11.2. The molecule has 0 heterocycles. The number of nitrogens with two attached hydrogens (primary N) is 1. The van der Waals surface area contributed by atoms with Crippen LogP contribution in [-0.2, 0) is 4.79 Å². The largest absolute Gasteiger partial charge is 0.330 e. The maximum Gasteiger partial charge on any atom is 0.205 e. The minimum absolute atomic E-state index is 0.0922. The van der Waals surface area contributed by atoms with Crippen molar-refractivity contribution in [3.63, 3.8) is 0 Å². The number of carbonyl (C=O) groups excluding carboxylic acids is 1. The van der Waals surface area contributed by atoms with Crippen LogP contribution in [0.25, 0.3) is 0 Å². The van der Waals surface area contributed by atoms with Gasteiger partial charge in [-0.2, -0.15) is 0 Å². The van der Waals surface area contributed by atoms with E-state index in [-0.39, 0.29) is 5.78 Å². The molecule has 0 aliphatic heterocycles. The molecule has 1 unspecified atom stereocenters. The van der Waals surface area contributed by atoms with Crippen molar-refractivity contribution in [2.24, 2.45) is 11.7 Å². The summed E-state index contributed by atoms with van der Waals surface area (Å²) in [5.41, 5.74) is 5.42. The highest BCUT2D eigenvalue weighted by Crippen LogP contribution is 2.14. The standard InChI is InChI=1S/C10H17NO/c1-3-9(7-8-11)5-6-10(12)4-2/h2,9H,3,5-8,11H2,1H3. The molecular weight excluding hydrogens is 150 g/mol. The number of ketones is 1. The van der Waals surface area contributed by atoms with Crippen LogP contribution in [0.3, 0.4) is 0 Å². The molecule has 2 heteroatoms. The van der Waals surface area contributed by atoms with Crippen molar-refractivity contribution in [2.75, 3.05) is 6.54 Å². The Hall–Kier alpha value is -0.810. The summed E-state index contributed by atoms with van der Waals surface area (Å²) < 4.78 is 0. The Morgan fingerprint density at radius 1 is 1.58 bits per heavy atom. The fraction of sp³-hybridized carbons (Fsp3) is 0.700. The van der Waals surface area contributed by atoms with Crippen molar-refractivity contribution in [3.05, 3.63) is 0 Å². The first-order valence-electron chi connectivity index (χ1n) is 4.44. The molecule has 0 fully saturated rings. The van der Waals surface area contributed by atoms with Crippen molar-refractivity contribution < 1.29 is 4.79 Å². The van der Waals surface area contributed by atoms with Crippen LogP contribution in [0.1, 0.15) is 32.6 Å². The average molecular weight is 167 g/mol. The van der Waals surface area contributed by atoms with E-state index < -0.39 is 0 Å². The highest BCUT2D eigenvalue weighted by Gasteiger charge is 2.06. The molecule has 2 nitrogen and oxygen atoms in total. The zero-order valence-electron chi connectivity index (χ0n) is 7.68. The molecule has 0 spiro atoms. The van der Waals surface area contributed by atoms with E-state index in [0.29, 0.717) is 18.9 Å². The summed E-state index contributed by atoms with van der Waals surface area (Å²) in [5, 5.41) is 0.